The van der Waals surface area contributed by atoms with Gasteiger partial charge in [-0.15, -0.1) is 0 Å². The number of aromatic nitrogens is 2. The van der Waals surface area contributed by atoms with E-state index in [4.69, 9.17) is 5.11 Å². The van der Waals surface area contributed by atoms with Gasteiger partial charge in [-0.05, 0) is 29.8 Å². The van der Waals surface area contributed by atoms with Gasteiger partial charge in [-0.25, -0.2) is 0 Å². The predicted molar refractivity (Wildman–Crippen MR) is 47.1 cm³/mol. The maximum atomic E-state index is 10.6. The van der Waals surface area contributed by atoms with Gasteiger partial charge in [0.2, 0.25) is 0 Å². The fourth-order valence-corrected chi connectivity index (χ4v) is 1.36. The molecule has 0 saturated heterocycles. The molecule has 1 atom stereocenters. The molecule has 1 heterocycles. The summed E-state index contributed by atoms with van der Waals surface area (Å²) in [6.45, 7) is 3.43. The number of aryl methyl sites for hydroxylation is 1. The van der Waals surface area contributed by atoms with Gasteiger partial charge in [0.15, 0.2) is 0 Å². The van der Waals surface area contributed by atoms with Crippen LogP contribution in [-0.2, 0) is 4.79 Å². The molecule has 0 fully saturated rings. The summed E-state index contributed by atoms with van der Waals surface area (Å²) in [4.78, 5) is 10.6. The van der Waals surface area contributed by atoms with E-state index in [1.807, 2.05) is 6.92 Å². The number of aliphatic carboxylic acids is 1. The molecule has 2 N–H and O–H groups in total. The van der Waals surface area contributed by atoms with Crippen molar-refractivity contribution in [2.45, 2.75) is 19.8 Å². The van der Waals surface area contributed by atoms with Gasteiger partial charge < -0.3 is 5.11 Å². The topological polar surface area (TPSA) is 66.0 Å². The second kappa shape index (κ2) is 3.26. The minimum Gasteiger partial charge on any atom is -0.481 e. The maximum Gasteiger partial charge on any atom is 0.312 e. The molecule has 1 unspecified atom stereocenters. The summed E-state index contributed by atoms with van der Waals surface area (Å²) in [7, 11) is 0. The third kappa shape index (κ3) is 1.50. The first-order valence-corrected chi connectivity index (χ1v) is 4.26. The third-order valence-electron chi connectivity index (χ3n) is 1.68. The van der Waals surface area contributed by atoms with Crippen LogP contribution in [0.5, 0.6) is 0 Å². The lowest BCUT2D eigenvalue weighted by atomic mass is 10.1. The summed E-state index contributed by atoms with van der Waals surface area (Å²) in [5, 5.41) is 15.3. The molecular formula is C7H9BrN2O2. The lowest BCUT2D eigenvalue weighted by Crippen LogP contribution is -2.08. The summed E-state index contributed by atoms with van der Waals surface area (Å²) in [5.41, 5.74) is 1.39. The fraction of sp³-hybridized carbons (Fsp3) is 0.429. The number of rotatable bonds is 2. The summed E-state index contributed by atoms with van der Waals surface area (Å²) in [6, 6.07) is 0. The Balaban J connectivity index is 3.03. The zero-order chi connectivity index (χ0) is 9.30. The van der Waals surface area contributed by atoms with Gasteiger partial charge in [-0.1, -0.05) is 0 Å². The Hall–Kier alpha value is -0.840. The van der Waals surface area contributed by atoms with Gasteiger partial charge >= 0.3 is 5.97 Å². The highest BCUT2D eigenvalue weighted by atomic mass is 79.9. The van der Waals surface area contributed by atoms with Crippen molar-refractivity contribution in [3.05, 3.63) is 15.9 Å². The lowest BCUT2D eigenvalue weighted by molar-refractivity contribution is -0.138. The van der Waals surface area contributed by atoms with Crippen molar-refractivity contribution < 1.29 is 9.90 Å². The summed E-state index contributed by atoms with van der Waals surface area (Å²) < 4.78 is 0.748. The number of hydrogen-bond donors (Lipinski definition) is 2. The Morgan fingerprint density at radius 3 is 2.67 bits per heavy atom. The zero-order valence-electron chi connectivity index (χ0n) is 6.76. The van der Waals surface area contributed by atoms with Gasteiger partial charge in [0, 0.05) is 5.69 Å². The van der Waals surface area contributed by atoms with Crippen molar-refractivity contribution in [2.75, 3.05) is 0 Å². The normalized spacial score (nSPS) is 12.9. The summed E-state index contributed by atoms with van der Waals surface area (Å²) in [6.07, 6.45) is 0. The number of nitrogens with one attached hydrogen (secondary N) is 1. The van der Waals surface area contributed by atoms with E-state index in [9.17, 15) is 4.79 Å². The monoisotopic (exact) mass is 232 g/mol. The molecule has 0 amide bonds. The van der Waals surface area contributed by atoms with E-state index in [0.717, 1.165) is 10.2 Å². The molecule has 1 aromatic rings. The SMILES string of the molecule is Cc1[nH]nc(C(C)C(=O)O)c1Br. The van der Waals surface area contributed by atoms with Gasteiger partial charge in [0.25, 0.3) is 0 Å². The number of carboxylic acids is 1. The Morgan fingerprint density at radius 2 is 2.33 bits per heavy atom. The second-order valence-electron chi connectivity index (χ2n) is 2.61. The van der Waals surface area contributed by atoms with Crippen LogP contribution in [0.15, 0.2) is 4.47 Å². The Kier molecular flexibility index (Phi) is 2.52. The average Bonchev–Trinajstić information content (AvgIpc) is 2.32. The molecule has 12 heavy (non-hydrogen) atoms. The molecule has 0 spiro atoms. The van der Waals surface area contributed by atoms with Crippen LogP contribution in [-0.4, -0.2) is 21.3 Å². The van der Waals surface area contributed by atoms with Crippen LogP contribution in [0, 0.1) is 6.92 Å². The van der Waals surface area contributed by atoms with Crippen LogP contribution in [0.25, 0.3) is 0 Å². The molecule has 0 bridgehead atoms. The third-order valence-corrected chi connectivity index (χ3v) is 2.68. The van der Waals surface area contributed by atoms with E-state index in [1.165, 1.54) is 0 Å². The van der Waals surface area contributed by atoms with E-state index in [2.05, 4.69) is 26.1 Å². The molecule has 1 rings (SSSR count). The van der Waals surface area contributed by atoms with Crippen molar-refractivity contribution in [1.29, 1.82) is 0 Å². The van der Waals surface area contributed by atoms with Crippen LogP contribution < -0.4 is 0 Å². The first-order valence-electron chi connectivity index (χ1n) is 3.47. The minimum atomic E-state index is -0.873. The first kappa shape index (κ1) is 9.25. The minimum absolute atomic E-state index is 0.542. The van der Waals surface area contributed by atoms with E-state index in [0.29, 0.717) is 5.69 Å². The molecule has 0 saturated carbocycles. The summed E-state index contributed by atoms with van der Waals surface area (Å²) >= 11 is 3.26. The number of H-pyrrole nitrogens is 1. The largest absolute Gasteiger partial charge is 0.481 e. The molecule has 0 radical (unpaired) electrons. The number of carboxylic acid groups (broad SMARTS) is 1. The number of halogens is 1. The van der Waals surface area contributed by atoms with Crippen LogP contribution in [0.4, 0.5) is 0 Å². The highest BCUT2D eigenvalue weighted by Gasteiger charge is 2.20. The molecule has 1 aromatic heterocycles. The Labute approximate surface area is 78.1 Å². The van der Waals surface area contributed by atoms with Crippen molar-refractivity contribution >= 4 is 21.9 Å². The molecule has 4 nitrogen and oxygen atoms in total. The lowest BCUT2D eigenvalue weighted by Gasteiger charge is -2.01. The van der Waals surface area contributed by atoms with E-state index in [-0.39, 0.29) is 0 Å². The van der Waals surface area contributed by atoms with Gasteiger partial charge in [-0.2, -0.15) is 5.10 Å². The number of aromatic amines is 1. The van der Waals surface area contributed by atoms with Crippen LogP contribution >= 0.6 is 15.9 Å². The Morgan fingerprint density at radius 1 is 1.75 bits per heavy atom. The smallest absolute Gasteiger partial charge is 0.312 e. The maximum absolute atomic E-state index is 10.6. The summed E-state index contributed by atoms with van der Waals surface area (Å²) in [5.74, 6) is -1.45. The van der Waals surface area contributed by atoms with Crippen LogP contribution in [0.2, 0.25) is 0 Å². The van der Waals surface area contributed by atoms with Gasteiger partial charge in [0.05, 0.1) is 16.1 Å². The van der Waals surface area contributed by atoms with Crippen LogP contribution in [0.3, 0.4) is 0 Å². The number of hydrogen-bond acceptors (Lipinski definition) is 2. The standard InChI is InChI=1S/C7H9BrN2O2/c1-3(7(11)12)6-5(8)4(2)9-10-6/h3H,1-2H3,(H,9,10)(H,11,12). The van der Waals surface area contributed by atoms with E-state index < -0.39 is 11.9 Å². The first-order chi connectivity index (χ1) is 5.54. The van der Waals surface area contributed by atoms with E-state index in [1.54, 1.807) is 6.92 Å². The number of nitrogens with zero attached hydrogens (tertiary/aromatic N) is 1. The molecule has 5 heteroatoms. The quantitative estimate of drug-likeness (QED) is 0.816. The highest BCUT2D eigenvalue weighted by molar-refractivity contribution is 9.10. The Bertz CT molecular complexity index is 308. The van der Waals surface area contributed by atoms with Crippen molar-refractivity contribution in [1.82, 2.24) is 10.2 Å². The second-order valence-corrected chi connectivity index (χ2v) is 3.40. The van der Waals surface area contributed by atoms with E-state index >= 15 is 0 Å². The molecule has 66 valence electrons. The van der Waals surface area contributed by atoms with Crippen LogP contribution in [0.1, 0.15) is 24.2 Å². The zero-order valence-corrected chi connectivity index (χ0v) is 8.34. The average molecular weight is 233 g/mol. The molecule has 0 aromatic carbocycles. The molecule has 0 aliphatic carbocycles. The predicted octanol–water partition coefficient (Wildman–Crippen LogP) is 1.67. The van der Waals surface area contributed by atoms with Gasteiger partial charge in [0.1, 0.15) is 0 Å². The van der Waals surface area contributed by atoms with Crippen molar-refractivity contribution in [3.63, 3.8) is 0 Å². The fourth-order valence-electron chi connectivity index (χ4n) is 0.838. The molecule has 0 aliphatic heterocycles. The van der Waals surface area contributed by atoms with Gasteiger partial charge in [-0.3, -0.25) is 9.89 Å². The molecular weight excluding hydrogens is 224 g/mol. The number of carbonyl (C=O) groups is 1. The molecule has 0 aliphatic rings. The van der Waals surface area contributed by atoms with Crippen molar-refractivity contribution in [3.8, 4) is 0 Å². The van der Waals surface area contributed by atoms with Crippen molar-refractivity contribution in [2.24, 2.45) is 0 Å². The highest BCUT2D eigenvalue weighted by Crippen LogP contribution is 2.25.